The second-order valence-electron chi connectivity index (χ2n) is 8.23. The summed E-state index contributed by atoms with van der Waals surface area (Å²) >= 11 is 1.53. The Labute approximate surface area is 174 Å². The quantitative estimate of drug-likeness (QED) is 0.813. The normalized spacial score (nSPS) is 22.6. The van der Waals surface area contributed by atoms with Crippen LogP contribution in [0.25, 0.3) is 0 Å². The van der Waals surface area contributed by atoms with Crippen LogP contribution in [0.3, 0.4) is 0 Å². The van der Waals surface area contributed by atoms with Gasteiger partial charge in [-0.2, -0.15) is 0 Å². The number of carbonyl (C=O) groups excluding carboxylic acids is 1. The molecule has 2 saturated heterocycles. The monoisotopic (exact) mass is 413 g/mol. The third-order valence-electron chi connectivity index (χ3n) is 6.67. The molecule has 2 aromatic rings. The van der Waals surface area contributed by atoms with Crippen LogP contribution in [0, 0.1) is 0 Å². The molecule has 5 heterocycles. The van der Waals surface area contributed by atoms with Gasteiger partial charge in [0.25, 0.3) is 5.91 Å². The van der Waals surface area contributed by atoms with E-state index in [9.17, 15) is 4.79 Å². The molecule has 0 saturated carbocycles. The van der Waals surface area contributed by atoms with Crippen molar-refractivity contribution in [2.45, 2.75) is 43.7 Å². The molecule has 8 heteroatoms. The van der Waals surface area contributed by atoms with Crippen molar-refractivity contribution in [2.24, 2.45) is 0 Å². The molecule has 5 rings (SSSR count). The van der Waals surface area contributed by atoms with E-state index in [0.717, 1.165) is 75.5 Å². The Hall–Kier alpha value is -2.03. The lowest BCUT2D eigenvalue weighted by Gasteiger charge is -2.47. The molecule has 2 aromatic heterocycles. The summed E-state index contributed by atoms with van der Waals surface area (Å²) in [6.07, 6.45) is 6.68. The molecule has 7 nitrogen and oxygen atoms in total. The molecule has 2 N–H and O–H groups in total. The zero-order chi connectivity index (χ0) is 19.8. The first kappa shape index (κ1) is 19.0. The van der Waals surface area contributed by atoms with Gasteiger partial charge in [-0.25, -0.2) is 9.97 Å². The van der Waals surface area contributed by atoms with Crippen molar-refractivity contribution < 1.29 is 9.53 Å². The van der Waals surface area contributed by atoms with Crippen LogP contribution in [0.1, 0.15) is 46.6 Å². The van der Waals surface area contributed by atoms with Crippen LogP contribution in [0.4, 0.5) is 5.95 Å². The highest BCUT2D eigenvalue weighted by Gasteiger charge is 2.43. The number of amides is 1. The lowest BCUT2D eigenvalue weighted by atomic mass is 9.82. The zero-order valence-electron chi connectivity index (χ0n) is 16.5. The number of nitrogen functional groups attached to an aromatic ring is 1. The Balaban J connectivity index is 1.21. The van der Waals surface area contributed by atoms with Crippen molar-refractivity contribution >= 4 is 23.2 Å². The van der Waals surface area contributed by atoms with Gasteiger partial charge in [-0.05, 0) is 49.1 Å². The van der Waals surface area contributed by atoms with Gasteiger partial charge in [0.05, 0.1) is 17.2 Å². The number of aromatic nitrogens is 2. The Kier molecular flexibility index (Phi) is 5.01. The van der Waals surface area contributed by atoms with Crippen LogP contribution in [0.5, 0.6) is 0 Å². The van der Waals surface area contributed by atoms with E-state index in [1.807, 2.05) is 28.6 Å². The van der Waals surface area contributed by atoms with Gasteiger partial charge >= 0.3 is 0 Å². The molecule has 3 aliphatic rings. The molecule has 1 amide bonds. The summed E-state index contributed by atoms with van der Waals surface area (Å²) in [7, 11) is 0. The van der Waals surface area contributed by atoms with E-state index in [1.165, 1.54) is 16.9 Å². The SMILES string of the molecule is Nc1ncc2c(n1)C1(CCN(C3CCN(C(=O)c4cccs4)CC3)CC1)OCC2. The van der Waals surface area contributed by atoms with Gasteiger partial charge in [0, 0.05) is 38.4 Å². The summed E-state index contributed by atoms with van der Waals surface area (Å²) in [5, 5.41) is 1.97. The minimum Gasteiger partial charge on any atom is -0.368 e. The minimum atomic E-state index is -0.309. The lowest BCUT2D eigenvalue weighted by Crippen LogP contribution is -2.53. The van der Waals surface area contributed by atoms with Crippen molar-refractivity contribution in [3.8, 4) is 0 Å². The summed E-state index contributed by atoms with van der Waals surface area (Å²) in [4.78, 5) is 26.7. The average Bonchev–Trinajstić information content (AvgIpc) is 3.30. The number of ether oxygens (including phenoxy) is 1. The molecule has 0 aliphatic carbocycles. The van der Waals surface area contributed by atoms with Crippen molar-refractivity contribution in [3.05, 3.63) is 39.8 Å². The molecule has 2 fully saturated rings. The second-order valence-corrected chi connectivity index (χ2v) is 9.18. The first-order chi connectivity index (χ1) is 14.1. The Bertz CT molecular complexity index is 871. The number of anilines is 1. The van der Waals surface area contributed by atoms with Crippen LogP contribution in [-0.2, 0) is 16.8 Å². The summed E-state index contributed by atoms with van der Waals surface area (Å²) in [5.41, 5.74) is 7.75. The molecule has 29 heavy (non-hydrogen) atoms. The van der Waals surface area contributed by atoms with E-state index in [1.54, 1.807) is 0 Å². The number of carbonyl (C=O) groups is 1. The fourth-order valence-corrected chi connectivity index (χ4v) is 5.74. The van der Waals surface area contributed by atoms with Crippen molar-refractivity contribution in [1.82, 2.24) is 19.8 Å². The van der Waals surface area contributed by atoms with Gasteiger partial charge in [0.1, 0.15) is 5.60 Å². The molecular weight excluding hydrogens is 386 g/mol. The number of fused-ring (bicyclic) bond motifs is 2. The van der Waals surface area contributed by atoms with Crippen LogP contribution in [0.2, 0.25) is 0 Å². The molecule has 0 radical (unpaired) electrons. The number of likely N-dealkylation sites (tertiary alicyclic amines) is 2. The Morgan fingerprint density at radius 1 is 1.24 bits per heavy atom. The number of rotatable bonds is 2. The van der Waals surface area contributed by atoms with E-state index in [2.05, 4.69) is 14.9 Å². The van der Waals surface area contributed by atoms with Gasteiger partial charge < -0.3 is 20.3 Å². The smallest absolute Gasteiger partial charge is 0.263 e. The van der Waals surface area contributed by atoms with Gasteiger partial charge in [0.2, 0.25) is 5.95 Å². The molecule has 154 valence electrons. The fraction of sp³-hybridized carbons (Fsp3) is 0.571. The fourth-order valence-electron chi connectivity index (χ4n) is 5.04. The van der Waals surface area contributed by atoms with Crippen LogP contribution < -0.4 is 5.73 Å². The highest BCUT2D eigenvalue weighted by molar-refractivity contribution is 7.12. The summed E-state index contributed by atoms with van der Waals surface area (Å²) in [6.45, 7) is 4.39. The Morgan fingerprint density at radius 3 is 2.76 bits per heavy atom. The van der Waals surface area contributed by atoms with Crippen molar-refractivity contribution in [2.75, 3.05) is 38.5 Å². The van der Waals surface area contributed by atoms with Crippen LogP contribution >= 0.6 is 11.3 Å². The number of hydrogen-bond donors (Lipinski definition) is 1. The summed E-state index contributed by atoms with van der Waals surface area (Å²) in [5.74, 6) is 0.513. The average molecular weight is 414 g/mol. The molecule has 1 spiro atoms. The lowest BCUT2D eigenvalue weighted by molar-refractivity contribution is -0.108. The number of thiophene rings is 1. The predicted octanol–water partition coefficient (Wildman–Crippen LogP) is 2.29. The van der Waals surface area contributed by atoms with E-state index in [4.69, 9.17) is 10.5 Å². The third-order valence-corrected chi connectivity index (χ3v) is 7.53. The maximum absolute atomic E-state index is 12.6. The first-order valence-corrected chi connectivity index (χ1v) is 11.4. The van der Waals surface area contributed by atoms with E-state index in [0.29, 0.717) is 12.0 Å². The highest BCUT2D eigenvalue weighted by Crippen LogP contribution is 2.41. The van der Waals surface area contributed by atoms with E-state index < -0.39 is 0 Å². The number of hydrogen-bond acceptors (Lipinski definition) is 7. The Morgan fingerprint density at radius 2 is 2.03 bits per heavy atom. The minimum absolute atomic E-state index is 0.181. The largest absolute Gasteiger partial charge is 0.368 e. The first-order valence-electron chi connectivity index (χ1n) is 10.5. The number of nitrogens with zero attached hydrogens (tertiary/aromatic N) is 4. The summed E-state index contributed by atoms with van der Waals surface area (Å²) in [6, 6.07) is 4.40. The molecule has 0 aromatic carbocycles. The maximum atomic E-state index is 12.6. The van der Waals surface area contributed by atoms with Crippen LogP contribution in [0.15, 0.2) is 23.7 Å². The van der Waals surface area contributed by atoms with Gasteiger partial charge in [0.15, 0.2) is 0 Å². The van der Waals surface area contributed by atoms with Gasteiger partial charge in [-0.3, -0.25) is 4.79 Å². The summed E-state index contributed by atoms with van der Waals surface area (Å²) < 4.78 is 6.29. The topological polar surface area (TPSA) is 84.6 Å². The van der Waals surface area contributed by atoms with E-state index in [-0.39, 0.29) is 11.5 Å². The molecule has 0 bridgehead atoms. The van der Waals surface area contributed by atoms with Crippen LogP contribution in [-0.4, -0.2) is 64.5 Å². The third kappa shape index (κ3) is 3.53. The van der Waals surface area contributed by atoms with Gasteiger partial charge in [-0.1, -0.05) is 6.07 Å². The van der Waals surface area contributed by atoms with Crippen molar-refractivity contribution in [1.29, 1.82) is 0 Å². The van der Waals surface area contributed by atoms with Gasteiger partial charge in [-0.15, -0.1) is 11.3 Å². The van der Waals surface area contributed by atoms with Crippen molar-refractivity contribution in [3.63, 3.8) is 0 Å². The zero-order valence-corrected chi connectivity index (χ0v) is 17.4. The molecular formula is C21H27N5O2S. The van der Waals surface area contributed by atoms with E-state index >= 15 is 0 Å². The molecule has 3 aliphatic heterocycles. The second kappa shape index (κ2) is 7.66. The maximum Gasteiger partial charge on any atom is 0.263 e. The molecule has 0 unspecified atom stereocenters. The number of nitrogens with two attached hydrogens (primary N) is 1. The molecule has 0 atom stereocenters. The predicted molar refractivity (Wildman–Crippen MR) is 112 cm³/mol. The highest BCUT2D eigenvalue weighted by atomic mass is 32.1. The number of piperidine rings is 2. The standard InChI is InChI=1S/C21H27N5O2S/c22-20-23-14-15-5-12-28-21(18(15)24-20)6-10-25(11-7-21)16-3-8-26(9-4-16)19(27)17-2-1-13-29-17/h1-2,13-14,16H,3-12H2,(H2,22,23,24).